The molecule has 2 heteroatoms. The summed E-state index contributed by atoms with van der Waals surface area (Å²) in [5.74, 6) is 0. The molecule has 2 N–H and O–H groups in total. The van der Waals surface area contributed by atoms with E-state index in [4.69, 9.17) is 5.11 Å². The SMILES string of the molecule is CC(O)C1(O)CCC1. The third kappa shape index (κ3) is 0.740. The lowest BCUT2D eigenvalue weighted by molar-refractivity contribution is -0.117. The third-order valence-corrected chi connectivity index (χ3v) is 2.00. The maximum absolute atomic E-state index is 9.24. The van der Waals surface area contributed by atoms with Crippen molar-refractivity contribution in [1.82, 2.24) is 0 Å². The molecule has 0 saturated heterocycles. The number of rotatable bonds is 1. The van der Waals surface area contributed by atoms with Gasteiger partial charge in [0.05, 0.1) is 11.7 Å². The largest absolute Gasteiger partial charge is 0.390 e. The van der Waals surface area contributed by atoms with Crippen molar-refractivity contribution in [3.8, 4) is 0 Å². The Morgan fingerprint density at radius 2 is 2.00 bits per heavy atom. The Bertz CT molecular complexity index is 84.5. The molecule has 8 heavy (non-hydrogen) atoms. The first-order chi connectivity index (χ1) is 3.65. The van der Waals surface area contributed by atoms with Crippen molar-refractivity contribution in [2.45, 2.75) is 37.9 Å². The van der Waals surface area contributed by atoms with E-state index in [1.54, 1.807) is 6.92 Å². The van der Waals surface area contributed by atoms with Crippen LogP contribution >= 0.6 is 0 Å². The van der Waals surface area contributed by atoms with Gasteiger partial charge in [0.25, 0.3) is 0 Å². The molecule has 48 valence electrons. The van der Waals surface area contributed by atoms with Gasteiger partial charge in [-0.05, 0) is 26.2 Å². The third-order valence-electron chi connectivity index (χ3n) is 2.00. The summed E-state index contributed by atoms with van der Waals surface area (Å²) in [5, 5.41) is 18.1. The summed E-state index contributed by atoms with van der Waals surface area (Å²) in [6.45, 7) is 1.64. The molecule has 0 heterocycles. The first kappa shape index (κ1) is 6.05. The topological polar surface area (TPSA) is 40.5 Å². The first-order valence-corrected chi connectivity index (χ1v) is 3.05. The zero-order valence-corrected chi connectivity index (χ0v) is 5.09. The Kier molecular flexibility index (Phi) is 1.29. The van der Waals surface area contributed by atoms with Crippen LogP contribution in [0, 0.1) is 0 Å². The number of hydrogen-bond donors (Lipinski definition) is 2. The molecule has 0 aromatic rings. The Hall–Kier alpha value is -0.0800. The highest BCUT2D eigenvalue weighted by Crippen LogP contribution is 2.34. The summed E-state index contributed by atoms with van der Waals surface area (Å²) >= 11 is 0. The minimum absolute atomic E-state index is 0.545. The summed E-state index contributed by atoms with van der Waals surface area (Å²) in [6.07, 6.45) is 2.05. The average Bonchev–Trinajstić information content (AvgIpc) is 1.60. The molecule has 0 bridgehead atoms. The lowest BCUT2D eigenvalue weighted by Crippen LogP contribution is -2.46. The van der Waals surface area contributed by atoms with Crippen LogP contribution in [0.2, 0.25) is 0 Å². The van der Waals surface area contributed by atoms with Crippen LogP contribution in [0.1, 0.15) is 26.2 Å². The first-order valence-electron chi connectivity index (χ1n) is 3.05. The lowest BCUT2D eigenvalue weighted by Gasteiger charge is -2.38. The molecule has 0 amide bonds. The quantitative estimate of drug-likeness (QED) is 0.516. The van der Waals surface area contributed by atoms with Crippen LogP contribution in [0.5, 0.6) is 0 Å². The zero-order valence-electron chi connectivity index (χ0n) is 5.09. The standard InChI is InChI=1S/C6H12O2/c1-5(7)6(8)3-2-4-6/h5,7-8H,2-4H2,1H3. The molecule has 1 aliphatic rings. The van der Waals surface area contributed by atoms with Gasteiger partial charge >= 0.3 is 0 Å². The predicted octanol–water partition coefficient (Wildman–Crippen LogP) is 0.282. The van der Waals surface area contributed by atoms with Crippen LogP contribution in [0.3, 0.4) is 0 Å². The van der Waals surface area contributed by atoms with Crippen LogP contribution in [0.25, 0.3) is 0 Å². The highest BCUT2D eigenvalue weighted by atomic mass is 16.3. The van der Waals surface area contributed by atoms with E-state index >= 15 is 0 Å². The predicted molar refractivity (Wildman–Crippen MR) is 30.5 cm³/mol. The maximum Gasteiger partial charge on any atom is 0.0902 e. The van der Waals surface area contributed by atoms with Gasteiger partial charge in [0.2, 0.25) is 0 Å². The van der Waals surface area contributed by atoms with Gasteiger partial charge in [-0.15, -0.1) is 0 Å². The molecule has 1 fully saturated rings. The molecule has 1 aliphatic carbocycles. The Morgan fingerprint density at radius 1 is 1.50 bits per heavy atom. The summed E-state index contributed by atoms with van der Waals surface area (Å²) in [4.78, 5) is 0. The molecular formula is C6H12O2. The second kappa shape index (κ2) is 1.71. The van der Waals surface area contributed by atoms with Gasteiger partial charge in [0.1, 0.15) is 0 Å². The maximum atomic E-state index is 9.24. The van der Waals surface area contributed by atoms with Gasteiger partial charge in [-0.2, -0.15) is 0 Å². The van der Waals surface area contributed by atoms with Gasteiger partial charge in [-0.25, -0.2) is 0 Å². The van der Waals surface area contributed by atoms with E-state index < -0.39 is 11.7 Å². The molecule has 0 aromatic carbocycles. The molecule has 0 aromatic heterocycles. The lowest BCUT2D eigenvalue weighted by atomic mass is 9.77. The van der Waals surface area contributed by atoms with E-state index in [-0.39, 0.29) is 0 Å². The van der Waals surface area contributed by atoms with Crippen molar-refractivity contribution in [2.75, 3.05) is 0 Å². The minimum atomic E-state index is -0.722. The van der Waals surface area contributed by atoms with Gasteiger partial charge < -0.3 is 10.2 Å². The van der Waals surface area contributed by atoms with Crippen molar-refractivity contribution in [2.24, 2.45) is 0 Å². The van der Waals surface area contributed by atoms with Crippen LogP contribution < -0.4 is 0 Å². The van der Waals surface area contributed by atoms with Crippen LogP contribution in [-0.2, 0) is 0 Å². The van der Waals surface area contributed by atoms with Crippen molar-refractivity contribution in [1.29, 1.82) is 0 Å². The van der Waals surface area contributed by atoms with Crippen molar-refractivity contribution >= 4 is 0 Å². The average molecular weight is 116 g/mol. The van der Waals surface area contributed by atoms with Crippen LogP contribution in [0.4, 0.5) is 0 Å². The second-order valence-electron chi connectivity index (χ2n) is 2.63. The van der Waals surface area contributed by atoms with Gasteiger partial charge in [0.15, 0.2) is 0 Å². The number of hydrogen-bond acceptors (Lipinski definition) is 2. The van der Waals surface area contributed by atoms with E-state index in [9.17, 15) is 5.11 Å². The molecule has 0 radical (unpaired) electrons. The van der Waals surface area contributed by atoms with E-state index in [1.165, 1.54) is 0 Å². The molecular weight excluding hydrogens is 104 g/mol. The fourth-order valence-corrected chi connectivity index (χ4v) is 0.957. The van der Waals surface area contributed by atoms with Crippen LogP contribution in [-0.4, -0.2) is 21.9 Å². The van der Waals surface area contributed by atoms with E-state index in [0.717, 1.165) is 19.3 Å². The normalized spacial score (nSPS) is 28.9. The summed E-state index contributed by atoms with van der Waals surface area (Å²) < 4.78 is 0. The number of aliphatic hydroxyl groups excluding tert-OH is 1. The Morgan fingerprint density at radius 3 is 2.00 bits per heavy atom. The highest BCUT2D eigenvalue weighted by molar-refractivity contribution is 4.91. The monoisotopic (exact) mass is 116 g/mol. The highest BCUT2D eigenvalue weighted by Gasteiger charge is 2.38. The van der Waals surface area contributed by atoms with Crippen molar-refractivity contribution < 1.29 is 10.2 Å². The smallest absolute Gasteiger partial charge is 0.0902 e. The molecule has 2 nitrogen and oxygen atoms in total. The Labute approximate surface area is 49.1 Å². The van der Waals surface area contributed by atoms with Gasteiger partial charge in [0, 0.05) is 0 Å². The fraction of sp³-hybridized carbons (Fsp3) is 1.00. The molecule has 1 saturated carbocycles. The fourth-order valence-electron chi connectivity index (χ4n) is 0.957. The van der Waals surface area contributed by atoms with Crippen molar-refractivity contribution in [3.63, 3.8) is 0 Å². The van der Waals surface area contributed by atoms with Crippen LogP contribution in [0.15, 0.2) is 0 Å². The zero-order chi connectivity index (χ0) is 6.20. The molecule has 1 atom stereocenters. The second-order valence-corrected chi connectivity index (χ2v) is 2.63. The van der Waals surface area contributed by atoms with E-state index in [1.807, 2.05) is 0 Å². The van der Waals surface area contributed by atoms with Gasteiger partial charge in [-0.1, -0.05) is 0 Å². The number of aliphatic hydroxyl groups is 2. The van der Waals surface area contributed by atoms with E-state index in [0.29, 0.717) is 0 Å². The summed E-state index contributed by atoms with van der Waals surface area (Å²) in [7, 11) is 0. The van der Waals surface area contributed by atoms with E-state index in [2.05, 4.69) is 0 Å². The summed E-state index contributed by atoms with van der Waals surface area (Å²) in [6, 6.07) is 0. The molecule has 1 unspecified atom stereocenters. The Balaban J connectivity index is 2.41. The molecule has 0 spiro atoms. The molecule has 0 aliphatic heterocycles. The summed E-state index contributed by atoms with van der Waals surface area (Å²) in [5.41, 5.74) is -0.722. The van der Waals surface area contributed by atoms with Gasteiger partial charge in [-0.3, -0.25) is 0 Å². The van der Waals surface area contributed by atoms with Crippen molar-refractivity contribution in [3.05, 3.63) is 0 Å². The molecule has 1 rings (SSSR count). The minimum Gasteiger partial charge on any atom is -0.390 e.